The van der Waals surface area contributed by atoms with Crippen molar-refractivity contribution >= 4 is 5.91 Å². The van der Waals surface area contributed by atoms with Crippen LogP contribution < -0.4 is 14.8 Å². The van der Waals surface area contributed by atoms with Gasteiger partial charge in [-0.05, 0) is 26.8 Å². The lowest BCUT2D eigenvalue weighted by Gasteiger charge is -2.19. The Bertz CT molecular complexity index is 465. The second-order valence-electron chi connectivity index (χ2n) is 5.33. The van der Waals surface area contributed by atoms with Gasteiger partial charge in [-0.3, -0.25) is 4.79 Å². The van der Waals surface area contributed by atoms with E-state index in [1.807, 2.05) is 39.0 Å². The van der Waals surface area contributed by atoms with Gasteiger partial charge in [0.2, 0.25) is 12.7 Å². The van der Waals surface area contributed by atoms with E-state index in [1.165, 1.54) is 0 Å². The molecular formula is C14H19NO4. The highest BCUT2D eigenvalue weighted by Gasteiger charge is 2.18. The molecule has 0 atom stereocenters. The van der Waals surface area contributed by atoms with Crippen LogP contribution >= 0.6 is 0 Å². The summed E-state index contributed by atoms with van der Waals surface area (Å²) in [7, 11) is 0. The van der Waals surface area contributed by atoms with Crippen LogP contribution in [0.15, 0.2) is 18.2 Å². The molecule has 0 aromatic heterocycles. The minimum Gasteiger partial charge on any atom is -0.454 e. The summed E-state index contributed by atoms with van der Waals surface area (Å²) < 4.78 is 16.1. The van der Waals surface area contributed by atoms with Crippen LogP contribution in [0.1, 0.15) is 26.3 Å². The van der Waals surface area contributed by atoms with E-state index in [-0.39, 0.29) is 24.9 Å². The average molecular weight is 265 g/mol. The van der Waals surface area contributed by atoms with E-state index >= 15 is 0 Å². The van der Waals surface area contributed by atoms with E-state index in [1.54, 1.807) is 0 Å². The number of fused-ring (bicyclic) bond motifs is 1. The Morgan fingerprint density at radius 2 is 2.16 bits per heavy atom. The first-order chi connectivity index (χ1) is 8.96. The Morgan fingerprint density at radius 1 is 1.37 bits per heavy atom. The van der Waals surface area contributed by atoms with Crippen LogP contribution in [0.3, 0.4) is 0 Å². The molecule has 0 radical (unpaired) electrons. The normalized spacial score (nSPS) is 13.4. The number of nitrogens with one attached hydrogen (secondary N) is 1. The van der Waals surface area contributed by atoms with Crippen LogP contribution in [-0.4, -0.2) is 24.9 Å². The van der Waals surface area contributed by atoms with Crippen molar-refractivity contribution in [2.24, 2.45) is 0 Å². The van der Waals surface area contributed by atoms with Crippen molar-refractivity contribution in [2.75, 3.05) is 13.4 Å². The summed E-state index contributed by atoms with van der Waals surface area (Å²) in [5.41, 5.74) is 0.585. The van der Waals surface area contributed by atoms with Gasteiger partial charge < -0.3 is 19.5 Å². The molecule has 1 N–H and O–H groups in total. The lowest BCUT2D eigenvalue weighted by molar-refractivity contribution is -0.130. The first-order valence-electron chi connectivity index (χ1n) is 6.24. The summed E-state index contributed by atoms with van der Waals surface area (Å²) >= 11 is 0. The third-order valence-corrected chi connectivity index (χ3v) is 2.59. The van der Waals surface area contributed by atoms with Gasteiger partial charge in [0.25, 0.3) is 0 Å². The van der Waals surface area contributed by atoms with Gasteiger partial charge >= 0.3 is 0 Å². The molecule has 0 saturated carbocycles. The van der Waals surface area contributed by atoms with Crippen LogP contribution in [0, 0.1) is 0 Å². The summed E-state index contributed by atoms with van der Waals surface area (Å²) in [5.74, 6) is 1.28. The zero-order chi connectivity index (χ0) is 13.9. The number of para-hydroxylation sites is 1. The number of benzene rings is 1. The molecule has 1 aromatic rings. The third-order valence-electron chi connectivity index (χ3n) is 2.59. The summed E-state index contributed by atoms with van der Waals surface area (Å²) in [5, 5.41) is 2.80. The van der Waals surface area contributed by atoms with E-state index in [9.17, 15) is 4.79 Å². The Kier molecular flexibility index (Phi) is 3.95. The van der Waals surface area contributed by atoms with Crippen LogP contribution in [-0.2, 0) is 16.1 Å². The fraction of sp³-hybridized carbons (Fsp3) is 0.500. The van der Waals surface area contributed by atoms with Gasteiger partial charge in [-0.1, -0.05) is 12.1 Å². The van der Waals surface area contributed by atoms with E-state index in [2.05, 4.69) is 5.32 Å². The Hall–Kier alpha value is -1.75. The zero-order valence-corrected chi connectivity index (χ0v) is 11.5. The van der Waals surface area contributed by atoms with Gasteiger partial charge in [0.15, 0.2) is 11.5 Å². The van der Waals surface area contributed by atoms with Gasteiger partial charge in [0, 0.05) is 12.1 Å². The molecule has 0 fully saturated rings. The molecule has 1 aromatic carbocycles. The highest BCUT2D eigenvalue weighted by molar-refractivity contribution is 5.77. The van der Waals surface area contributed by atoms with Crippen LogP contribution in [0.2, 0.25) is 0 Å². The van der Waals surface area contributed by atoms with Gasteiger partial charge in [-0.2, -0.15) is 0 Å². The highest BCUT2D eigenvalue weighted by Crippen LogP contribution is 2.35. The maximum Gasteiger partial charge on any atom is 0.246 e. The van der Waals surface area contributed by atoms with Gasteiger partial charge in [0.1, 0.15) is 6.61 Å². The highest BCUT2D eigenvalue weighted by atomic mass is 16.7. The standard InChI is InChI=1S/C14H19NO4/c1-14(2,3)19-8-12(16)15-7-10-5-4-6-11-13(10)18-9-17-11/h4-6H,7-9H2,1-3H3,(H,15,16). The van der Waals surface area contributed by atoms with Gasteiger partial charge in [-0.25, -0.2) is 0 Å². The molecule has 5 nitrogen and oxygen atoms in total. The predicted octanol–water partition coefficient (Wildman–Crippen LogP) is 1.85. The molecule has 19 heavy (non-hydrogen) atoms. The Balaban J connectivity index is 1.86. The first-order valence-corrected chi connectivity index (χ1v) is 6.24. The third kappa shape index (κ3) is 3.86. The molecule has 5 heteroatoms. The largest absolute Gasteiger partial charge is 0.454 e. The monoisotopic (exact) mass is 265 g/mol. The molecule has 0 spiro atoms. The van der Waals surface area contributed by atoms with E-state index in [0.29, 0.717) is 12.3 Å². The SMILES string of the molecule is CC(C)(C)OCC(=O)NCc1cccc2c1OCO2. The van der Waals surface area contributed by atoms with Crippen molar-refractivity contribution in [2.45, 2.75) is 32.9 Å². The Labute approximate surface area is 112 Å². The minimum absolute atomic E-state index is 0.0515. The molecule has 0 unspecified atom stereocenters. The lowest BCUT2D eigenvalue weighted by Crippen LogP contribution is -2.31. The topological polar surface area (TPSA) is 56.8 Å². The number of amides is 1. The molecule has 1 aliphatic heterocycles. The molecule has 0 saturated heterocycles. The van der Waals surface area contributed by atoms with Crippen LogP contribution in [0.4, 0.5) is 0 Å². The number of hydrogen-bond acceptors (Lipinski definition) is 4. The maximum atomic E-state index is 11.7. The van der Waals surface area contributed by atoms with E-state index in [0.717, 1.165) is 11.3 Å². The fourth-order valence-electron chi connectivity index (χ4n) is 1.66. The molecule has 1 amide bonds. The van der Waals surface area contributed by atoms with E-state index < -0.39 is 0 Å². The van der Waals surface area contributed by atoms with Crippen LogP contribution in [0.5, 0.6) is 11.5 Å². The predicted molar refractivity (Wildman–Crippen MR) is 70.1 cm³/mol. The second-order valence-corrected chi connectivity index (χ2v) is 5.33. The molecule has 1 heterocycles. The van der Waals surface area contributed by atoms with E-state index in [4.69, 9.17) is 14.2 Å². The molecule has 2 rings (SSSR count). The molecular weight excluding hydrogens is 246 g/mol. The fourth-order valence-corrected chi connectivity index (χ4v) is 1.66. The van der Waals surface area contributed by atoms with Crippen molar-refractivity contribution in [3.8, 4) is 11.5 Å². The quantitative estimate of drug-likeness (QED) is 0.902. The Morgan fingerprint density at radius 3 is 2.89 bits per heavy atom. The van der Waals surface area contributed by atoms with Crippen molar-refractivity contribution in [3.05, 3.63) is 23.8 Å². The number of carbonyl (C=O) groups is 1. The first kappa shape index (κ1) is 13.7. The van der Waals surface area contributed by atoms with Crippen molar-refractivity contribution in [3.63, 3.8) is 0 Å². The summed E-state index contributed by atoms with van der Waals surface area (Å²) in [6, 6.07) is 5.62. The molecule has 104 valence electrons. The number of carbonyl (C=O) groups excluding carboxylic acids is 1. The van der Waals surface area contributed by atoms with Gasteiger partial charge in [-0.15, -0.1) is 0 Å². The lowest BCUT2D eigenvalue weighted by atomic mass is 10.2. The molecule has 0 aliphatic carbocycles. The number of ether oxygens (including phenoxy) is 3. The second kappa shape index (κ2) is 5.48. The van der Waals surface area contributed by atoms with Crippen LogP contribution in [0.25, 0.3) is 0 Å². The summed E-state index contributed by atoms with van der Waals surface area (Å²) in [6.45, 7) is 6.42. The molecule has 1 aliphatic rings. The minimum atomic E-state index is -0.317. The number of rotatable bonds is 4. The molecule has 0 bridgehead atoms. The zero-order valence-electron chi connectivity index (χ0n) is 11.5. The van der Waals surface area contributed by atoms with Crippen molar-refractivity contribution in [1.29, 1.82) is 0 Å². The maximum absolute atomic E-state index is 11.7. The number of hydrogen-bond donors (Lipinski definition) is 1. The van der Waals surface area contributed by atoms with Gasteiger partial charge in [0.05, 0.1) is 5.60 Å². The average Bonchev–Trinajstić information content (AvgIpc) is 2.81. The smallest absolute Gasteiger partial charge is 0.246 e. The summed E-state index contributed by atoms with van der Waals surface area (Å²) in [6.07, 6.45) is 0. The van der Waals surface area contributed by atoms with Crippen molar-refractivity contribution < 1.29 is 19.0 Å². The summed E-state index contributed by atoms with van der Waals surface area (Å²) in [4.78, 5) is 11.7. The van der Waals surface area contributed by atoms with Crippen molar-refractivity contribution in [1.82, 2.24) is 5.32 Å².